The standard InChI is InChI=1S/C23H33N5O4S/c1-5-28-21(12-16(14-24)23(31)32-6-2)33-19(22(28)30)10-11-25-17-8-7-9-18(13-17)26-20(29)15-27(3)4/h7-9,13,16,19,21,25H,5-6,10-12,15H2,1-4H3,(H,26,29). The Hall–Kier alpha value is -2.77. The number of benzene rings is 1. The Morgan fingerprint density at radius 3 is 2.67 bits per heavy atom. The zero-order chi connectivity index (χ0) is 24.4. The van der Waals surface area contributed by atoms with E-state index in [0.29, 0.717) is 31.7 Å². The molecule has 1 aliphatic heterocycles. The van der Waals surface area contributed by atoms with Crippen LogP contribution in [-0.2, 0) is 19.1 Å². The summed E-state index contributed by atoms with van der Waals surface area (Å²) in [5.41, 5.74) is 1.56. The van der Waals surface area contributed by atoms with Crippen molar-refractivity contribution in [2.45, 2.75) is 37.3 Å². The van der Waals surface area contributed by atoms with Gasteiger partial charge in [0.2, 0.25) is 11.8 Å². The lowest BCUT2D eigenvalue weighted by Crippen LogP contribution is -2.36. The second-order valence-electron chi connectivity index (χ2n) is 7.96. The van der Waals surface area contributed by atoms with Gasteiger partial charge in [-0.1, -0.05) is 6.07 Å². The van der Waals surface area contributed by atoms with E-state index in [2.05, 4.69) is 10.6 Å². The van der Waals surface area contributed by atoms with Gasteiger partial charge < -0.3 is 25.2 Å². The van der Waals surface area contributed by atoms with Gasteiger partial charge in [-0.15, -0.1) is 11.8 Å². The molecule has 0 bridgehead atoms. The fraction of sp³-hybridized carbons (Fsp3) is 0.565. The number of carbonyl (C=O) groups excluding carboxylic acids is 3. The second-order valence-corrected chi connectivity index (χ2v) is 9.34. The maximum atomic E-state index is 12.8. The molecular formula is C23H33N5O4S. The van der Waals surface area contributed by atoms with E-state index >= 15 is 0 Å². The number of likely N-dealkylation sites (N-methyl/N-ethyl adjacent to an activating group) is 1. The lowest BCUT2D eigenvalue weighted by molar-refractivity contribution is -0.146. The molecule has 1 aliphatic rings. The summed E-state index contributed by atoms with van der Waals surface area (Å²) in [6.07, 6.45) is 0.864. The first-order valence-corrected chi connectivity index (χ1v) is 12.0. The Morgan fingerprint density at radius 1 is 1.30 bits per heavy atom. The van der Waals surface area contributed by atoms with Gasteiger partial charge in [0.1, 0.15) is 5.92 Å². The van der Waals surface area contributed by atoms with Crippen molar-refractivity contribution < 1.29 is 19.1 Å². The molecule has 1 fully saturated rings. The average molecular weight is 476 g/mol. The number of nitrogens with one attached hydrogen (secondary N) is 2. The number of esters is 1. The molecule has 33 heavy (non-hydrogen) atoms. The summed E-state index contributed by atoms with van der Waals surface area (Å²) in [7, 11) is 3.67. The van der Waals surface area contributed by atoms with Crippen molar-refractivity contribution in [2.75, 3.05) is 51.0 Å². The van der Waals surface area contributed by atoms with Crippen LogP contribution < -0.4 is 10.6 Å². The minimum Gasteiger partial charge on any atom is -0.465 e. The Balaban J connectivity index is 1.90. The van der Waals surface area contributed by atoms with E-state index in [1.807, 2.05) is 51.4 Å². The van der Waals surface area contributed by atoms with Gasteiger partial charge in [0.05, 0.1) is 29.8 Å². The summed E-state index contributed by atoms with van der Waals surface area (Å²) < 4.78 is 4.98. The normalized spacial score (nSPS) is 18.7. The summed E-state index contributed by atoms with van der Waals surface area (Å²) in [4.78, 5) is 40.3. The summed E-state index contributed by atoms with van der Waals surface area (Å²) >= 11 is 1.50. The molecule has 0 spiro atoms. The maximum absolute atomic E-state index is 12.8. The van der Waals surface area contributed by atoms with Crippen molar-refractivity contribution in [1.29, 1.82) is 5.26 Å². The van der Waals surface area contributed by atoms with Crippen LogP contribution in [0.2, 0.25) is 0 Å². The molecule has 0 aromatic heterocycles. The predicted octanol–water partition coefficient (Wildman–Crippen LogP) is 2.37. The molecule has 0 saturated carbocycles. The van der Waals surface area contributed by atoms with E-state index in [0.717, 1.165) is 5.69 Å². The zero-order valence-electron chi connectivity index (χ0n) is 19.7. The molecule has 0 radical (unpaired) electrons. The van der Waals surface area contributed by atoms with Gasteiger partial charge in [0.15, 0.2) is 0 Å². The molecule has 2 N–H and O–H groups in total. The lowest BCUT2D eigenvalue weighted by atomic mass is 10.1. The topological polar surface area (TPSA) is 115 Å². The first-order valence-electron chi connectivity index (χ1n) is 11.1. The Kier molecular flexibility index (Phi) is 10.5. The summed E-state index contributed by atoms with van der Waals surface area (Å²) in [5.74, 6) is -1.48. The van der Waals surface area contributed by atoms with Crippen molar-refractivity contribution in [2.24, 2.45) is 5.92 Å². The predicted molar refractivity (Wildman–Crippen MR) is 130 cm³/mol. The molecule has 1 saturated heterocycles. The maximum Gasteiger partial charge on any atom is 0.323 e. The number of nitriles is 1. The van der Waals surface area contributed by atoms with E-state index < -0.39 is 11.9 Å². The third-order valence-corrected chi connectivity index (χ3v) is 6.60. The third-order valence-electron chi connectivity index (χ3n) is 5.07. The number of ether oxygens (including phenoxy) is 1. The van der Waals surface area contributed by atoms with Crippen LogP contribution >= 0.6 is 11.8 Å². The van der Waals surface area contributed by atoms with Crippen molar-refractivity contribution in [3.05, 3.63) is 24.3 Å². The highest BCUT2D eigenvalue weighted by Gasteiger charge is 2.41. The number of hydrogen-bond acceptors (Lipinski definition) is 8. The van der Waals surface area contributed by atoms with Crippen LogP contribution in [0.15, 0.2) is 24.3 Å². The highest BCUT2D eigenvalue weighted by molar-refractivity contribution is 8.01. The number of amides is 2. The van der Waals surface area contributed by atoms with Crippen molar-refractivity contribution >= 4 is 40.9 Å². The Labute approximate surface area is 199 Å². The SMILES string of the molecule is CCOC(=O)C(C#N)CC1SC(CCNc2cccc(NC(=O)CN(C)C)c2)C(=O)N1CC. The van der Waals surface area contributed by atoms with Crippen LogP contribution in [0.3, 0.4) is 0 Å². The monoisotopic (exact) mass is 475 g/mol. The lowest BCUT2D eigenvalue weighted by Gasteiger charge is -2.23. The van der Waals surface area contributed by atoms with E-state index in [1.165, 1.54) is 11.8 Å². The molecule has 0 aliphatic carbocycles. The highest BCUT2D eigenvalue weighted by Crippen LogP contribution is 2.37. The van der Waals surface area contributed by atoms with Crippen LogP contribution in [0, 0.1) is 17.2 Å². The average Bonchev–Trinajstić information content (AvgIpc) is 3.05. The van der Waals surface area contributed by atoms with Gasteiger partial charge in [-0.25, -0.2) is 0 Å². The number of carbonyl (C=O) groups is 3. The highest BCUT2D eigenvalue weighted by atomic mass is 32.2. The molecule has 3 atom stereocenters. The zero-order valence-corrected chi connectivity index (χ0v) is 20.5. The molecule has 9 nitrogen and oxygen atoms in total. The number of rotatable bonds is 12. The van der Waals surface area contributed by atoms with Gasteiger partial charge >= 0.3 is 5.97 Å². The molecule has 180 valence electrons. The van der Waals surface area contributed by atoms with Gasteiger partial charge in [-0.2, -0.15) is 5.26 Å². The van der Waals surface area contributed by atoms with Crippen LogP contribution in [0.4, 0.5) is 11.4 Å². The minimum absolute atomic E-state index is 0.0274. The fourth-order valence-corrected chi connectivity index (χ4v) is 5.16. The van der Waals surface area contributed by atoms with Crippen molar-refractivity contribution in [1.82, 2.24) is 9.80 Å². The first kappa shape index (κ1) is 26.5. The van der Waals surface area contributed by atoms with Crippen LogP contribution in [-0.4, -0.2) is 78.5 Å². The van der Waals surface area contributed by atoms with Crippen LogP contribution in [0.5, 0.6) is 0 Å². The molecule has 1 heterocycles. The Morgan fingerprint density at radius 2 is 2.03 bits per heavy atom. The first-order chi connectivity index (χ1) is 15.8. The molecule has 2 amide bonds. The molecular weight excluding hydrogens is 442 g/mol. The largest absolute Gasteiger partial charge is 0.465 e. The van der Waals surface area contributed by atoms with E-state index in [4.69, 9.17) is 4.74 Å². The molecule has 1 aromatic carbocycles. The second kappa shape index (κ2) is 13.1. The number of thioether (sulfide) groups is 1. The summed E-state index contributed by atoms with van der Waals surface area (Å²) in [6.45, 7) is 5.22. The fourth-order valence-electron chi connectivity index (χ4n) is 3.57. The third kappa shape index (κ3) is 7.94. The van der Waals surface area contributed by atoms with E-state index in [9.17, 15) is 19.6 Å². The molecule has 2 rings (SSSR count). The molecule has 3 unspecified atom stereocenters. The van der Waals surface area contributed by atoms with E-state index in [1.54, 1.807) is 16.7 Å². The Bertz CT molecular complexity index is 873. The quantitative estimate of drug-likeness (QED) is 0.443. The van der Waals surface area contributed by atoms with Gasteiger partial charge in [-0.05, 0) is 52.6 Å². The smallest absolute Gasteiger partial charge is 0.323 e. The summed E-state index contributed by atoms with van der Waals surface area (Å²) in [6, 6.07) is 9.46. The van der Waals surface area contributed by atoms with Gasteiger partial charge in [0.25, 0.3) is 0 Å². The summed E-state index contributed by atoms with van der Waals surface area (Å²) in [5, 5.41) is 15.1. The molecule has 1 aromatic rings. The van der Waals surface area contributed by atoms with Crippen LogP contribution in [0.1, 0.15) is 26.7 Å². The van der Waals surface area contributed by atoms with Crippen molar-refractivity contribution in [3.8, 4) is 6.07 Å². The number of anilines is 2. The van der Waals surface area contributed by atoms with Gasteiger partial charge in [0, 0.05) is 30.9 Å². The van der Waals surface area contributed by atoms with E-state index in [-0.39, 0.29) is 35.5 Å². The van der Waals surface area contributed by atoms with Crippen LogP contribution in [0.25, 0.3) is 0 Å². The van der Waals surface area contributed by atoms with Gasteiger partial charge in [-0.3, -0.25) is 14.4 Å². The van der Waals surface area contributed by atoms with Crippen molar-refractivity contribution in [3.63, 3.8) is 0 Å². The minimum atomic E-state index is -0.883. The number of hydrogen-bond donors (Lipinski definition) is 2. The number of nitrogens with zero attached hydrogens (tertiary/aromatic N) is 3. The molecule has 10 heteroatoms.